The van der Waals surface area contributed by atoms with E-state index in [4.69, 9.17) is 18.0 Å². The lowest BCUT2D eigenvalue weighted by Gasteiger charge is -2.08. The number of halogens is 1. The summed E-state index contributed by atoms with van der Waals surface area (Å²) in [4.78, 5) is 0.529. The second kappa shape index (κ2) is 4.00. The number of hydrogen-bond donors (Lipinski definition) is 1. The van der Waals surface area contributed by atoms with Gasteiger partial charge in [0.05, 0.1) is 15.7 Å². The van der Waals surface area contributed by atoms with Crippen LogP contribution < -0.4 is 5.73 Å². The van der Waals surface area contributed by atoms with Crippen LogP contribution in [0.1, 0.15) is 6.92 Å². The van der Waals surface area contributed by atoms with Crippen LogP contribution >= 0.6 is 28.1 Å². The number of aromatic nitrogens is 2. The van der Waals surface area contributed by atoms with E-state index in [9.17, 15) is 0 Å². The van der Waals surface area contributed by atoms with Gasteiger partial charge in [0.2, 0.25) is 0 Å². The number of nitrogens with two attached hydrogens (primary N) is 1. The summed E-state index contributed by atoms with van der Waals surface area (Å²) in [7, 11) is 0. The molecule has 0 aliphatic heterocycles. The van der Waals surface area contributed by atoms with Crippen molar-refractivity contribution < 1.29 is 0 Å². The van der Waals surface area contributed by atoms with E-state index in [0.717, 1.165) is 11.0 Å². The van der Waals surface area contributed by atoms with Gasteiger partial charge in [-0.15, -0.1) is 0 Å². The minimum atomic E-state index is 0.187. The lowest BCUT2D eigenvalue weighted by Crippen LogP contribution is -2.22. The Labute approximate surface area is 85.1 Å². The lowest BCUT2D eigenvalue weighted by atomic mass is 10.2. The molecule has 1 rings (SSSR count). The van der Waals surface area contributed by atoms with E-state index in [0.29, 0.717) is 4.99 Å². The van der Waals surface area contributed by atoms with Crippen molar-refractivity contribution in [2.24, 2.45) is 11.7 Å². The molecule has 66 valence electrons. The van der Waals surface area contributed by atoms with E-state index in [1.165, 1.54) is 0 Å². The molecule has 1 heterocycles. The Balaban J connectivity index is 2.58. The van der Waals surface area contributed by atoms with Gasteiger partial charge in [0.25, 0.3) is 0 Å². The maximum Gasteiger partial charge on any atom is 0.0774 e. The number of rotatable bonds is 3. The first-order valence-corrected chi connectivity index (χ1v) is 4.77. The summed E-state index contributed by atoms with van der Waals surface area (Å²) in [5, 5.41) is 4.09. The highest BCUT2D eigenvalue weighted by molar-refractivity contribution is 9.10. The van der Waals surface area contributed by atoms with Gasteiger partial charge in [-0.1, -0.05) is 19.1 Å². The average Bonchev–Trinajstić information content (AvgIpc) is 2.35. The van der Waals surface area contributed by atoms with Gasteiger partial charge in [-0.25, -0.2) is 0 Å². The maximum atomic E-state index is 5.47. The van der Waals surface area contributed by atoms with Crippen LogP contribution in [0.5, 0.6) is 0 Å². The highest BCUT2D eigenvalue weighted by atomic mass is 79.9. The molecule has 12 heavy (non-hydrogen) atoms. The Morgan fingerprint density at radius 3 is 3.00 bits per heavy atom. The smallest absolute Gasteiger partial charge is 0.0774 e. The van der Waals surface area contributed by atoms with E-state index in [1.807, 2.05) is 17.8 Å². The monoisotopic (exact) mass is 247 g/mol. The summed E-state index contributed by atoms with van der Waals surface area (Å²) in [6.45, 7) is 2.72. The fourth-order valence-electron chi connectivity index (χ4n) is 0.809. The van der Waals surface area contributed by atoms with Gasteiger partial charge in [0.1, 0.15) is 0 Å². The molecular weight excluding hydrogens is 238 g/mol. The van der Waals surface area contributed by atoms with Gasteiger partial charge in [-0.3, -0.25) is 4.68 Å². The fraction of sp³-hybridized carbons (Fsp3) is 0.429. The molecule has 0 bridgehead atoms. The molecule has 5 heteroatoms. The molecule has 1 atom stereocenters. The van der Waals surface area contributed by atoms with Crippen LogP contribution in [0.15, 0.2) is 16.9 Å². The van der Waals surface area contributed by atoms with Gasteiger partial charge in [-0.05, 0) is 15.9 Å². The van der Waals surface area contributed by atoms with Crippen molar-refractivity contribution >= 4 is 33.1 Å². The van der Waals surface area contributed by atoms with Crippen LogP contribution in [0.25, 0.3) is 0 Å². The van der Waals surface area contributed by atoms with Gasteiger partial charge in [-0.2, -0.15) is 5.10 Å². The normalized spacial score (nSPS) is 12.8. The molecular formula is C7H10BrN3S. The largest absolute Gasteiger partial charge is 0.393 e. The van der Waals surface area contributed by atoms with Crippen molar-refractivity contribution in [3.05, 3.63) is 16.9 Å². The third kappa shape index (κ3) is 2.57. The summed E-state index contributed by atoms with van der Waals surface area (Å²) >= 11 is 8.16. The summed E-state index contributed by atoms with van der Waals surface area (Å²) < 4.78 is 2.78. The summed E-state index contributed by atoms with van der Waals surface area (Å²) in [5.74, 6) is 0.187. The second-order valence-corrected chi connectivity index (χ2v) is 4.07. The highest BCUT2D eigenvalue weighted by Gasteiger charge is 2.06. The SMILES string of the molecule is CC(Cn1cc(Br)cn1)C(N)=S. The molecule has 1 unspecified atom stereocenters. The minimum absolute atomic E-state index is 0.187. The summed E-state index contributed by atoms with van der Waals surface area (Å²) in [6, 6.07) is 0. The second-order valence-electron chi connectivity index (χ2n) is 2.68. The minimum Gasteiger partial charge on any atom is -0.393 e. The van der Waals surface area contributed by atoms with Crippen LogP contribution in [0.3, 0.4) is 0 Å². The standard InChI is InChI=1S/C7H10BrN3S/c1-5(7(9)12)3-11-4-6(8)2-10-11/h2,4-5H,3H2,1H3,(H2,9,12). The van der Waals surface area contributed by atoms with Gasteiger partial charge in [0.15, 0.2) is 0 Å². The lowest BCUT2D eigenvalue weighted by molar-refractivity contribution is 0.543. The van der Waals surface area contributed by atoms with Crippen molar-refractivity contribution in [1.29, 1.82) is 0 Å². The zero-order chi connectivity index (χ0) is 9.14. The van der Waals surface area contributed by atoms with Crippen LogP contribution in [-0.4, -0.2) is 14.8 Å². The zero-order valence-corrected chi connectivity index (χ0v) is 9.10. The van der Waals surface area contributed by atoms with Gasteiger partial charge < -0.3 is 5.73 Å². The molecule has 0 saturated heterocycles. The van der Waals surface area contributed by atoms with Crippen molar-refractivity contribution in [2.75, 3.05) is 0 Å². The number of hydrogen-bond acceptors (Lipinski definition) is 2. The number of nitrogens with zero attached hydrogens (tertiary/aromatic N) is 2. The Morgan fingerprint density at radius 1 is 1.92 bits per heavy atom. The topological polar surface area (TPSA) is 43.8 Å². The van der Waals surface area contributed by atoms with E-state index in [2.05, 4.69) is 21.0 Å². The first-order valence-electron chi connectivity index (χ1n) is 3.57. The Morgan fingerprint density at radius 2 is 2.58 bits per heavy atom. The first kappa shape index (κ1) is 9.67. The molecule has 0 fully saturated rings. The van der Waals surface area contributed by atoms with E-state index in [1.54, 1.807) is 6.20 Å². The molecule has 1 aromatic rings. The van der Waals surface area contributed by atoms with Crippen LogP contribution in [-0.2, 0) is 6.54 Å². The average molecular weight is 248 g/mol. The predicted octanol–water partition coefficient (Wildman–Crippen LogP) is 1.57. The van der Waals surface area contributed by atoms with Gasteiger partial charge >= 0.3 is 0 Å². The zero-order valence-electron chi connectivity index (χ0n) is 6.70. The molecule has 0 saturated carbocycles. The Hall–Kier alpha value is -0.420. The van der Waals surface area contributed by atoms with Crippen LogP contribution in [0, 0.1) is 5.92 Å². The predicted molar refractivity (Wildman–Crippen MR) is 55.9 cm³/mol. The van der Waals surface area contributed by atoms with Gasteiger partial charge in [0, 0.05) is 18.7 Å². The molecule has 0 aromatic carbocycles. The van der Waals surface area contributed by atoms with E-state index < -0.39 is 0 Å². The Kier molecular flexibility index (Phi) is 3.22. The molecule has 0 spiro atoms. The molecule has 3 nitrogen and oxygen atoms in total. The van der Waals surface area contributed by atoms with Crippen molar-refractivity contribution in [2.45, 2.75) is 13.5 Å². The van der Waals surface area contributed by atoms with Crippen molar-refractivity contribution in [3.8, 4) is 0 Å². The molecule has 0 aliphatic rings. The molecule has 0 amide bonds. The highest BCUT2D eigenvalue weighted by Crippen LogP contribution is 2.08. The number of thiocarbonyl (C=S) groups is 1. The fourth-order valence-corrected chi connectivity index (χ4v) is 1.21. The van der Waals surface area contributed by atoms with E-state index in [-0.39, 0.29) is 5.92 Å². The van der Waals surface area contributed by atoms with Crippen LogP contribution in [0.4, 0.5) is 0 Å². The molecule has 1 aromatic heterocycles. The van der Waals surface area contributed by atoms with Crippen LogP contribution in [0.2, 0.25) is 0 Å². The molecule has 0 radical (unpaired) electrons. The summed E-state index contributed by atoms with van der Waals surface area (Å²) in [5.41, 5.74) is 5.47. The van der Waals surface area contributed by atoms with Crippen molar-refractivity contribution in [1.82, 2.24) is 9.78 Å². The maximum absolute atomic E-state index is 5.47. The van der Waals surface area contributed by atoms with E-state index >= 15 is 0 Å². The third-order valence-corrected chi connectivity index (χ3v) is 2.36. The van der Waals surface area contributed by atoms with Crippen molar-refractivity contribution in [3.63, 3.8) is 0 Å². The summed E-state index contributed by atoms with van der Waals surface area (Å²) in [6.07, 6.45) is 3.64. The quantitative estimate of drug-likeness (QED) is 0.826. The molecule has 0 aliphatic carbocycles. The molecule has 2 N–H and O–H groups in total. The third-order valence-electron chi connectivity index (χ3n) is 1.55. The first-order chi connectivity index (χ1) is 5.59. The Bertz CT molecular complexity index is 284.